The van der Waals surface area contributed by atoms with E-state index >= 15 is 0 Å². The van der Waals surface area contributed by atoms with Crippen molar-refractivity contribution in [2.24, 2.45) is 5.92 Å². The Labute approximate surface area is 189 Å². The molecule has 2 aromatic heterocycles. The van der Waals surface area contributed by atoms with Crippen LogP contribution in [0.3, 0.4) is 0 Å². The highest BCUT2D eigenvalue weighted by atomic mass is 32.2. The highest BCUT2D eigenvalue weighted by Crippen LogP contribution is 2.36. The number of hydrogen-bond donors (Lipinski definition) is 1. The zero-order chi connectivity index (χ0) is 21.9. The second-order valence-corrected chi connectivity index (χ2v) is 8.62. The number of hydrogen-bond acceptors (Lipinski definition) is 8. The predicted octanol–water partition coefficient (Wildman–Crippen LogP) is 4.23. The summed E-state index contributed by atoms with van der Waals surface area (Å²) in [7, 11) is 1.64. The summed E-state index contributed by atoms with van der Waals surface area (Å²) in [6.07, 6.45) is 5.63. The Hall–Kier alpha value is -3.46. The number of nitrogens with zero attached hydrogens (tertiary/aromatic N) is 4. The average molecular weight is 450 g/mol. The van der Waals surface area contributed by atoms with E-state index in [0.717, 1.165) is 47.3 Å². The summed E-state index contributed by atoms with van der Waals surface area (Å²) < 4.78 is 16.4. The monoisotopic (exact) mass is 449 g/mol. The number of anilines is 2. The zero-order valence-corrected chi connectivity index (χ0v) is 18.4. The number of carbonyl (C=O) groups excluding carboxylic acids is 1. The van der Waals surface area contributed by atoms with Crippen molar-refractivity contribution in [3.05, 3.63) is 60.4 Å². The van der Waals surface area contributed by atoms with Gasteiger partial charge in [0.25, 0.3) is 0 Å². The number of nitrogens with one attached hydrogen (secondary N) is 1. The maximum absolute atomic E-state index is 11.1. The molecule has 0 spiro atoms. The molecule has 4 aromatic rings. The third-order valence-electron chi connectivity index (χ3n) is 5.59. The first kappa shape index (κ1) is 20.4. The predicted molar refractivity (Wildman–Crippen MR) is 124 cm³/mol. The van der Waals surface area contributed by atoms with E-state index in [4.69, 9.17) is 9.26 Å². The summed E-state index contributed by atoms with van der Waals surface area (Å²) in [5.74, 6) is 1.43. The van der Waals surface area contributed by atoms with Gasteiger partial charge in [-0.2, -0.15) is 5.10 Å². The molecule has 1 unspecified atom stereocenters. The van der Waals surface area contributed by atoms with Crippen LogP contribution >= 0.6 is 11.9 Å². The molecule has 0 aliphatic carbocycles. The van der Waals surface area contributed by atoms with Gasteiger partial charge in [0.1, 0.15) is 17.4 Å². The van der Waals surface area contributed by atoms with Gasteiger partial charge >= 0.3 is 0 Å². The minimum Gasteiger partial charge on any atom is -0.496 e. The van der Waals surface area contributed by atoms with Crippen molar-refractivity contribution >= 4 is 40.7 Å². The SMILES string of the molecule is COc1cc(Cn2cccn2)cc2onc(NSc3cccc(N4CCC(C=O)C4)c3)c12. The van der Waals surface area contributed by atoms with Gasteiger partial charge in [-0.1, -0.05) is 11.2 Å². The Balaban J connectivity index is 1.33. The molecule has 0 saturated carbocycles. The van der Waals surface area contributed by atoms with Gasteiger partial charge in [-0.3, -0.25) is 4.68 Å². The van der Waals surface area contributed by atoms with Crippen LogP contribution in [0.1, 0.15) is 12.0 Å². The van der Waals surface area contributed by atoms with Crippen molar-refractivity contribution in [2.45, 2.75) is 17.9 Å². The quantitative estimate of drug-likeness (QED) is 0.316. The molecule has 0 radical (unpaired) electrons. The lowest BCUT2D eigenvalue weighted by molar-refractivity contribution is -0.110. The van der Waals surface area contributed by atoms with E-state index in [1.807, 2.05) is 41.2 Å². The van der Waals surface area contributed by atoms with E-state index in [0.29, 0.717) is 23.7 Å². The lowest BCUT2D eigenvalue weighted by Crippen LogP contribution is -2.19. The van der Waals surface area contributed by atoms with Gasteiger partial charge in [0.2, 0.25) is 0 Å². The lowest BCUT2D eigenvalue weighted by Gasteiger charge is -2.18. The van der Waals surface area contributed by atoms with E-state index in [2.05, 4.69) is 32.0 Å². The van der Waals surface area contributed by atoms with E-state index in [9.17, 15) is 4.79 Å². The molecular weight excluding hydrogens is 426 g/mol. The first-order valence-corrected chi connectivity index (χ1v) is 11.2. The molecule has 32 heavy (non-hydrogen) atoms. The third-order valence-corrected chi connectivity index (χ3v) is 6.37. The fourth-order valence-electron chi connectivity index (χ4n) is 3.98. The number of rotatable bonds is 8. The summed E-state index contributed by atoms with van der Waals surface area (Å²) in [6.45, 7) is 2.29. The fourth-order valence-corrected chi connectivity index (χ4v) is 4.66. The van der Waals surface area contributed by atoms with Crippen LogP contribution in [0.5, 0.6) is 5.75 Å². The number of aldehydes is 1. The Morgan fingerprint density at radius 3 is 3.03 bits per heavy atom. The van der Waals surface area contributed by atoms with Crippen LogP contribution < -0.4 is 14.4 Å². The highest BCUT2D eigenvalue weighted by Gasteiger charge is 2.22. The summed E-state index contributed by atoms with van der Waals surface area (Å²) in [4.78, 5) is 14.4. The van der Waals surface area contributed by atoms with Crippen LogP contribution in [0.15, 0.2) is 64.3 Å². The normalized spacial score (nSPS) is 15.9. The van der Waals surface area contributed by atoms with Gasteiger partial charge in [0.15, 0.2) is 11.4 Å². The second kappa shape index (κ2) is 8.96. The lowest BCUT2D eigenvalue weighted by atomic mass is 10.1. The second-order valence-electron chi connectivity index (χ2n) is 7.74. The van der Waals surface area contributed by atoms with Gasteiger partial charge in [-0.05, 0) is 60.3 Å². The third kappa shape index (κ3) is 4.16. The number of fused-ring (bicyclic) bond motifs is 1. The number of carbonyl (C=O) groups is 1. The van der Waals surface area contributed by atoms with Crippen molar-refractivity contribution in [3.8, 4) is 5.75 Å². The molecule has 0 amide bonds. The molecule has 3 heterocycles. The van der Waals surface area contributed by atoms with Crippen molar-refractivity contribution in [3.63, 3.8) is 0 Å². The number of aromatic nitrogens is 3. The van der Waals surface area contributed by atoms with Gasteiger partial charge in [-0.25, -0.2) is 0 Å². The van der Waals surface area contributed by atoms with Gasteiger partial charge < -0.3 is 23.7 Å². The van der Waals surface area contributed by atoms with Crippen LogP contribution in [0, 0.1) is 5.92 Å². The summed E-state index contributed by atoms with van der Waals surface area (Å²) in [5, 5.41) is 9.27. The molecule has 1 fully saturated rings. The maximum atomic E-state index is 11.1. The smallest absolute Gasteiger partial charge is 0.191 e. The van der Waals surface area contributed by atoms with Crippen LogP contribution in [0.4, 0.5) is 11.5 Å². The average Bonchev–Trinajstić information content (AvgIpc) is 3.58. The maximum Gasteiger partial charge on any atom is 0.191 e. The molecule has 9 heteroatoms. The minimum absolute atomic E-state index is 0.122. The molecule has 1 saturated heterocycles. The largest absolute Gasteiger partial charge is 0.496 e. The van der Waals surface area contributed by atoms with Crippen LogP contribution in [-0.2, 0) is 11.3 Å². The van der Waals surface area contributed by atoms with E-state index < -0.39 is 0 Å². The van der Waals surface area contributed by atoms with Crippen molar-refractivity contribution in [2.75, 3.05) is 29.8 Å². The van der Waals surface area contributed by atoms with Gasteiger partial charge in [0, 0.05) is 42.0 Å². The first-order chi connectivity index (χ1) is 15.7. The molecule has 1 atom stereocenters. The molecule has 0 bridgehead atoms. The molecule has 5 rings (SSSR count). The highest BCUT2D eigenvalue weighted by molar-refractivity contribution is 8.00. The molecule has 164 valence electrons. The van der Waals surface area contributed by atoms with Crippen molar-refractivity contribution in [1.82, 2.24) is 14.9 Å². The summed E-state index contributed by atoms with van der Waals surface area (Å²) in [6, 6.07) is 14.1. The minimum atomic E-state index is 0.122. The molecule has 8 nitrogen and oxygen atoms in total. The summed E-state index contributed by atoms with van der Waals surface area (Å²) in [5.41, 5.74) is 2.78. The molecular formula is C23H23N5O3S. The molecule has 2 aromatic carbocycles. The topological polar surface area (TPSA) is 85.4 Å². The van der Waals surface area contributed by atoms with Gasteiger partial charge in [0.05, 0.1) is 13.7 Å². The zero-order valence-electron chi connectivity index (χ0n) is 17.6. The number of benzene rings is 2. The molecule has 1 aliphatic heterocycles. The molecule has 1 aliphatic rings. The van der Waals surface area contributed by atoms with E-state index in [1.54, 1.807) is 13.3 Å². The Kier molecular flexibility index (Phi) is 5.72. The fraction of sp³-hybridized carbons (Fsp3) is 0.261. The summed E-state index contributed by atoms with van der Waals surface area (Å²) >= 11 is 1.46. The van der Waals surface area contributed by atoms with Crippen LogP contribution in [-0.4, -0.2) is 41.4 Å². The van der Waals surface area contributed by atoms with Gasteiger partial charge in [-0.15, -0.1) is 0 Å². The van der Waals surface area contributed by atoms with Crippen LogP contribution in [0.25, 0.3) is 11.0 Å². The molecule has 1 N–H and O–H groups in total. The first-order valence-electron chi connectivity index (χ1n) is 10.4. The van der Waals surface area contributed by atoms with Crippen molar-refractivity contribution < 1.29 is 14.1 Å². The Morgan fingerprint density at radius 2 is 2.25 bits per heavy atom. The standard InChI is InChI=1S/C23H23N5O3S/c1-30-20-10-17(14-28-8-3-7-24-28)11-21-22(20)23(25-31-21)26-32-19-5-2-4-18(12-19)27-9-6-16(13-27)15-29/h2-5,7-8,10-12,15-16H,6,9,13-14H2,1H3,(H,25,26). The number of methoxy groups -OCH3 is 1. The number of ether oxygens (including phenoxy) is 1. The van der Waals surface area contributed by atoms with Crippen LogP contribution in [0.2, 0.25) is 0 Å². The van der Waals surface area contributed by atoms with Crippen molar-refractivity contribution in [1.29, 1.82) is 0 Å². The Morgan fingerprint density at radius 1 is 1.31 bits per heavy atom. The van der Waals surface area contributed by atoms with E-state index in [1.165, 1.54) is 11.9 Å². The van der Waals surface area contributed by atoms with E-state index in [-0.39, 0.29) is 5.92 Å². The Bertz CT molecular complexity index is 1220.